The fraction of sp³-hybridized carbons (Fsp3) is 0.462. The number of hydrogen-bond acceptors (Lipinski definition) is 2. The molecule has 1 aromatic carbocycles. The van der Waals surface area contributed by atoms with Gasteiger partial charge in [0.15, 0.2) is 6.61 Å². The zero-order chi connectivity index (χ0) is 13.0. The predicted octanol–water partition coefficient (Wildman–Crippen LogP) is 3.10. The number of carbonyl (C=O) groups is 1. The lowest BCUT2D eigenvalue weighted by molar-refractivity contribution is -0.134. The summed E-state index contributed by atoms with van der Waals surface area (Å²) in [6.07, 6.45) is 2.17. The van der Waals surface area contributed by atoms with E-state index in [4.69, 9.17) is 16.3 Å². The minimum atomic E-state index is 0.0362. The van der Waals surface area contributed by atoms with Gasteiger partial charge in [0.1, 0.15) is 5.75 Å². The van der Waals surface area contributed by atoms with Crippen LogP contribution in [0.2, 0.25) is 5.02 Å². The maximum absolute atomic E-state index is 11.9. The molecule has 3 nitrogen and oxygen atoms in total. The molecular formula is C13H15BrClNO2. The standard InChI is InChI=1S/C13H15BrClNO2/c14-10-2-1-7-16(8-10)13(17)9-18-12-5-3-11(15)4-6-12/h3-6,10H,1-2,7-9H2. The number of piperidine rings is 1. The third kappa shape index (κ3) is 3.89. The Morgan fingerprint density at radius 2 is 2.17 bits per heavy atom. The third-order valence-corrected chi connectivity index (χ3v) is 3.89. The van der Waals surface area contributed by atoms with Gasteiger partial charge in [-0.2, -0.15) is 0 Å². The number of carbonyl (C=O) groups excluding carboxylic acids is 1. The molecular weight excluding hydrogens is 318 g/mol. The molecule has 5 heteroatoms. The molecule has 0 aliphatic carbocycles. The summed E-state index contributed by atoms with van der Waals surface area (Å²) in [7, 11) is 0. The molecule has 18 heavy (non-hydrogen) atoms. The van der Waals surface area contributed by atoms with Gasteiger partial charge in [-0.1, -0.05) is 27.5 Å². The maximum Gasteiger partial charge on any atom is 0.260 e. The third-order valence-electron chi connectivity index (χ3n) is 2.89. The number of alkyl halides is 1. The number of hydrogen-bond donors (Lipinski definition) is 0. The average Bonchev–Trinajstić information content (AvgIpc) is 2.38. The minimum Gasteiger partial charge on any atom is -0.484 e. The van der Waals surface area contributed by atoms with Crippen molar-refractivity contribution >= 4 is 33.4 Å². The van der Waals surface area contributed by atoms with E-state index in [0.29, 0.717) is 15.6 Å². The average molecular weight is 333 g/mol. The molecule has 1 unspecified atom stereocenters. The molecule has 1 aromatic rings. The van der Waals surface area contributed by atoms with Gasteiger partial charge in [-0.3, -0.25) is 4.79 Å². The van der Waals surface area contributed by atoms with Crippen LogP contribution >= 0.6 is 27.5 Å². The molecule has 1 fully saturated rings. The van der Waals surface area contributed by atoms with Crippen LogP contribution in [0.15, 0.2) is 24.3 Å². The summed E-state index contributed by atoms with van der Waals surface area (Å²) in [6, 6.07) is 7.02. The first-order valence-electron chi connectivity index (χ1n) is 5.95. The summed E-state index contributed by atoms with van der Waals surface area (Å²) in [5, 5.41) is 0.659. The smallest absolute Gasteiger partial charge is 0.260 e. The molecule has 0 bridgehead atoms. The number of likely N-dealkylation sites (tertiary alicyclic amines) is 1. The predicted molar refractivity (Wildman–Crippen MR) is 75.5 cm³/mol. The quantitative estimate of drug-likeness (QED) is 0.796. The summed E-state index contributed by atoms with van der Waals surface area (Å²) >= 11 is 9.33. The SMILES string of the molecule is O=C(COc1ccc(Cl)cc1)N1CCCC(Br)C1. The van der Waals surface area contributed by atoms with Crippen LogP contribution in [0.5, 0.6) is 5.75 Å². The van der Waals surface area contributed by atoms with Crippen molar-refractivity contribution in [1.29, 1.82) is 0 Å². The first-order chi connectivity index (χ1) is 8.65. The Hall–Kier alpha value is -0.740. The Balaban J connectivity index is 1.82. The molecule has 1 atom stereocenters. The number of ether oxygens (including phenoxy) is 1. The zero-order valence-electron chi connectivity index (χ0n) is 9.94. The van der Waals surface area contributed by atoms with Gasteiger partial charge < -0.3 is 9.64 Å². The van der Waals surface area contributed by atoms with Crippen LogP contribution in [0.4, 0.5) is 0 Å². The van der Waals surface area contributed by atoms with Gasteiger partial charge >= 0.3 is 0 Å². The van der Waals surface area contributed by atoms with Gasteiger partial charge in [-0.25, -0.2) is 0 Å². The van der Waals surface area contributed by atoms with Crippen molar-refractivity contribution in [3.8, 4) is 5.75 Å². The highest BCUT2D eigenvalue weighted by Crippen LogP contribution is 2.18. The Morgan fingerprint density at radius 1 is 1.44 bits per heavy atom. The van der Waals surface area contributed by atoms with Gasteiger partial charge in [-0.05, 0) is 37.1 Å². The summed E-state index contributed by atoms with van der Waals surface area (Å²) in [5.41, 5.74) is 0. The van der Waals surface area contributed by atoms with Crippen LogP contribution in [0, 0.1) is 0 Å². The number of rotatable bonds is 3. The second-order valence-electron chi connectivity index (χ2n) is 4.32. The maximum atomic E-state index is 11.9. The molecule has 1 amide bonds. The minimum absolute atomic E-state index is 0.0362. The molecule has 0 spiro atoms. The second-order valence-corrected chi connectivity index (χ2v) is 6.05. The fourth-order valence-electron chi connectivity index (χ4n) is 1.92. The summed E-state index contributed by atoms with van der Waals surface area (Å²) in [5.74, 6) is 0.703. The van der Waals surface area contributed by atoms with Crippen LogP contribution in [0.3, 0.4) is 0 Å². The Kier molecular flexibility index (Phi) is 4.89. The molecule has 98 valence electrons. The van der Waals surface area contributed by atoms with Crippen LogP contribution in [0.1, 0.15) is 12.8 Å². The van der Waals surface area contributed by atoms with E-state index >= 15 is 0 Å². The normalized spacial score (nSPS) is 19.7. The number of amides is 1. The number of benzene rings is 1. The Labute approximate surface area is 120 Å². The van der Waals surface area contributed by atoms with Crippen molar-refractivity contribution in [2.45, 2.75) is 17.7 Å². The summed E-state index contributed by atoms with van der Waals surface area (Å²) in [4.78, 5) is 14.2. The molecule has 1 heterocycles. The van der Waals surface area contributed by atoms with Crippen LogP contribution in [-0.2, 0) is 4.79 Å². The van der Waals surface area contributed by atoms with E-state index in [1.54, 1.807) is 24.3 Å². The van der Waals surface area contributed by atoms with E-state index in [-0.39, 0.29) is 12.5 Å². The van der Waals surface area contributed by atoms with Crippen molar-refractivity contribution in [3.05, 3.63) is 29.3 Å². The van der Waals surface area contributed by atoms with Crippen LogP contribution < -0.4 is 4.74 Å². The van der Waals surface area contributed by atoms with Gasteiger partial charge in [0, 0.05) is 22.9 Å². The summed E-state index contributed by atoms with van der Waals surface area (Å²) in [6.45, 7) is 1.68. The van der Waals surface area contributed by atoms with Gasteiger partial charge in [-0.15, -0.1) is 0 Å². The van der Waals surface area contributed by atoms with E-state index in [2.05, 4.69) is 15.9 Å². The molecule has 0 aromatic heterocycles. The fourth-order valence-corrected chi connectivity index (χ4v) is 2.72. The molecule has 1 aliphatic rings. The van der Waals surface area contributed by atoms with Crippen molar-refractivity contribution in [2.24, 2.45) is 0 Å². The topological polar surface area (TPSA) is 29.5 Å². The van der Waals surface area contributed by atoms with Crippen LogP contribution in [-0.4, -0.2) is 35.3 Å². The van der Waals surface area contributed by atoms with E-state index in [1.807, 2.05) is 4.90 Å². The highest BCUT2D eigenvalue weighted by atomic mass is 79.9. The lowest BCUT2D eigenvalue weighted by atomic mass is 10.1. The molecule has 1 saturated heterocycles. The lowest BCUT2D eigenvalue weighted by Crippen LogP contribution is -2.42. The highest BCUT2D eigenvalue weighted by molar-refractivity contribution is 9.09. The largest absolute Gasteiger partial charge is 0.484 e. The number of nitrogens with zero attached hydrogens (tertiary/aromatic N) is 1. The van der Waals surface area contributed by atoms with Crippen molar-refractivity contribution in [3.63, 3.8) is 0 Å². The van der Waals surface area contributed by atoms with E-state index in [1.165, 1.54) is 0 Å². The first-order valence-corrected chi connectivity index (χ1v) is 7.25. The van der Waals surface area contributed by atoms with Crippen molar-refractivity contribution in [1.82, 2.24) is 4.90 Å². The summed E-state index contributed by atoms with van der Waals surface area (Å²) < 4.78 is 5.45. The highest BCUT2D eigenvalue weighted by Gasteiger charge is 2.21. The van der Waals surface area contributed by atoms with Gasteiger partial charge in [0.05, 0.1) is 0 Å². The molecule has 2 rings (SSSR count). The zero-order valence-corrected chi connectivity index (χ0v) is 12.3. The Bertz CT molecular complexity index is 410. The van der Waals surface area contributed by atoms with E-state index in [0.717, 1.165) is 25.9 Å². The second kappa shape index (κ2) is 6.43. The molecule has 0 N–H and O–H groups in total. The van der Waals surface area contributed by atoms with E-state index < -0.39 is 0 Å². The van der Waals surface area contributed by atoms with Gasteiger partial charge in [0.2, 0.25) is 0 Å². The number of halogens is 2. The Morgan fingerprint density at radius 3 is 2.83 bits per heavy atom. The first kappa shape index (κ1) is 13.7. The van der Waals surface area contributed by atoms with Gasteiger partial charge in [0.25, 0.3) is 5.91 Å². The molecule has 0 radical (unpaired) electrons. The van der Waals surface area contributed by atoms with Crippen molar-refractivity contribution in [2.75, 3.05) is 19.7 Å². The lowest BCUT2D eigenvalue weighted by Gasteiger charge is -2.29. The van der Waals surface area contributed by atoms with Crippen LogP contribution in [0.25, 0.3) is 0 Å². The van der Waals surface area contributed by atoms with Crippen molar-refractivity contribution < 1.29 is 9.53 Å². The monoisotopic (exact) mass is 331 g/mol. The van der Waals surface area contributed by atoms with E-state index in [9.17, 15) is 4.79 Å². The molecule has 1 aliphatic heterocycles. The molecule has 0 saturated carbocycles.